The summed E-state index contributed by atoms with van der Waals surface area (Å²) in [6.07, 6.45) is 7.45. The molecule has 170 valence electrons. The number of carbonyl (C=O) groups is 2. The Bertz CT molecular complexity index is 716. The van der Waals surface area contributed by atoms with Crippen molar-refractivity contribution in [3.8, 4) is 0 Å². The Hall–Kier alpha value is -1.36. The normalized spacial score (nSPS) is 43.2. The van der Waals surface area contributed by atoms with Gasteiger partial charge in [-0.25, -0.2) is 0 Å². The molecule has 30 heavy (non-hydrogen) atoms. The molecule has 2 saturated carbocycles. The Kier molecular flexibility index (Phi) is 6.18. The van der Waals surface area contributed by atoms with Crippen molar-refractivity contribution in [3.63, 3.8) is 0 Å². The summed E-state index contributed by atoms with van der Waals surface area (Å²) in [5.74, 6) is -0.0957. The Labute approximate surface area is 181 Å². The maximum Gasteiger partial charge on any atom is 0.309 e. The zero-order valence-electron chi connectivity index (χ0n) is 19.5. The minimum Gasteiger partial charge on any atom is -0.481 e. The zero-order chi connectivity index (χ0) is 22.4. The number of ether oxygens (including phenoxy) is 2. The van der Waals surface area contributed by atoms with Gasteiger partial charge in [-0.3, -0.25) is 9.59 Å². The van der Waals surface area contributed by atoms with Crippen LogP contribution in [0.1, 0.15) is 92.4 Å². The highest BCUT2D eigenvalue weighted by molar-refractivity contribution is 5.72. The number of carboxylic acid groups (broad SMARTS) is 1. The van der Waals surface area contributed by atoms with Crippen molar-refractivity contribution >= 4 is 11.9 Å². The number of rotatable bonds is 6. The highest BCUT2D eigenvalue weighted by Gasteiger charge is 2.62. The number of hydrogen-bond acceptors (Lipinski definition) is 4. The van der Waals surface area contributed by atoms with Gasteiger partial charge in [0.1, 0.15) is 0 Å². The average Bonchev–Trinajstić information content (AvgIpc) is 2.57. The molecule has 5 heteroatoms. The van der Waals surface area contributed by atoms with Crippen LogP contribution < -0.4 is 0 Å². The van der Waals surface area contributed by atoms with Crippen molar-refractivity contribution in [1.29, 1.82) is 0 Å². The molecule has 3 aliphatic rings. The SMILES string of the molecule is C=C(C)CC(=O)OC[C@@]1(C)CCC[C@]2(C)[C@@H]1CC[C@]1(C)O[C@](C)(CC(=O)O)CC[C@@H]21. The van der Waals surface area contributed by atoms with E-state index in [2.05, 4.69) is 27.4 Å². The van der Waals surface area contributed by atoms with Gasteiger partial charge in [-0.05, 0) is 76.5 Å². The number of carboxylic acids is 1. The van der Waals surface area contributed by atoms with Crippen LogP contribution in [0.2, 0.25) is 0 Å². The monoisotopic (exact) mass is 420 g/mol. The zero-order valence-corrected chi connectivity index (χ0v) is 19.5. The molecule has 0 amide bonds. The van der Waals surface area contributed by atoms with E-state index >= 15 is 0 Å². The molecule has 0 unspecified atom stereocenters. The van der Waals surface area contributed by atoms with E-state index in [1.54, 1.807) is 0 Å². The van der Waals surface area contributed by atoms with Crippen LogP contribution in [-0.2, 0) is 19.1 Å². The minimum absolute atomic E-state index is 0.0269. The number of carbonyl (C=O) groups excluding carboxylic acids is 1. The lowest BCUT2D eigenvalue weighted by Gasteiger charge is -2.65. The van der Waals surface area contributed by atoms with Gasteiger partial charge in [0.2, 0.25) is 0 Å². The second-order valence-corrected chi connectivity index (χ2v) is 11.4. The first-order valence-corrected chi connectivity index (χ1v) is 11.5. The Morgan fingerprint density at radius 3 is 2.37 bits per heavy atom. The summed E-state index contributed by atoms with van der Waals surface area (Å²) in [6, 6.07) is 0. The quantitative estimate of drug-likeness (QED) is 0.452. The van der Waals surface area contributed by atoms with Gasteiger partial charge >= 0.3 is 11.9 Å². The van der Waals surface area contributed by atoms with Gasteiger partial charge in [0, 0.05) is 5.41 Å². The molecular weight excluding hydrogens is 380 g/mol. The molecule has 2 aliphatic carbocycles. The second-order valence-electron chi connectivity index (χ2n) is 11.4. The van der Waals surface area contributed by atoms with Crippen LogP contribution in [-0.4, -0.2) is 34.9 Å². The first-order chi connectivity index (χ1) is 13.8. The molecule has 5 nitrogen and oxygen atoms in total. The first-order valence-electron chi connectivity index (χ1n) is 11.5. The third-order valence-electron chi connectivity index (χ3n) is 8.54. The van der Waals surface area contributed by atoms with Crippen molar-refractivity contribution in [3.05, 3.63) is 12.2 Å². The first kappa shape index (κ1) is 23.3. The van der Waals surface area contributed by atoms with Crippen LogP contribution in [0.15, 0.2) is 12.2 Å². The standard InChI is InChI=1S/C25H40O5/c1-17(2)14-21(28)29-16-22(3)10-7-11-24(5)18(22)9-13-25(6)19(24)8-12-23(4,30-25)15-20(26)27/h18-19H,1,7-16H2,2-6H3,(H,26,27)/t18-,19+,22-,23+,24-,25+/m1/s1. The predicted octanol–water partition coefficient (Wildman–Crippen LogP) is 5.52. The van der Waals surface area contributed by atoms with Gasteiger partial charge in [-0.15, -0.1) is 0 Å². The number of esters is 1. The van der Waals surface area contributed by atoms with Gasteiger partial charge in [-0.2, -0.15) is 0 Å². The predicted molar refractivity (Wildman–Crippen MR) is 116 cm³/mol. The lowest BCUT2D eigenvalue weighted by Crippen LogP contribution is -2.63. The third kappa shape index (κ3) is 4.32. The molecule has 0 aromatic heterocycles. The minimum atomic E-state index is -0.790. The van der Waals surface area contributed by atoms with E-state index in [9.17, 15) is 14.7 Å². The van der Waals surface area contributed by atoms with Crippen LogP contribution >= 0.6 is 0 Å². The van der Waals surface area contributed by atoms with E-state index in [-0.39, 0.29) is 35.2 Å². The summed E-state index contributed by atoms with van der Waals surface area (Å²) in [7, 11) is 0. The van der Waals surface area contributed by atoms with Crippen LogP contribution in [0.4, 0.5) is 0 Å². The fraction of sp³-hybridized carbons (Fsp3) is 0.840. The van der Waals surface area contributed by atoms with Gasteiger partial charge in [0.25, 0.3) is 0 Å². The number of fused-ring (bicyclic) bond motifs is 3. The molecule has 1 saturated heterocycles. The van der Waals surface area contributed by atoms with Gasteiger partial charge in [0.15, 0.2) is 0 Å². The summed E-state index contributed by atoms with van der Waals surface area (Å²) in [5.41, 5.74) is 0.0429. The van der Waals surface area contributed by atoms with Crippen LogP contribution in [0.3, 0.4) is 0 Å². The molecule has 1 aliphatic heterocycles. The molecule has 0 radical (unpaired) electrons. The van der Waals surface area contributed by atoms with Crippen LogP contribution in [0, 0.1) is 22.7 Å². The molecule has 0 aromatic carbocycles. The van der Waals surface area contributed by atoms with E-state index in [0.717, 1.165) is 50.5 Å². The molecule has 0 aromatic rings. The lowest BCUT2D eigenvalue weighted by atomic mass is 9.44. The molecule has 3 rings (SSSR count). The smallest absolute Gasteiger partial charge is 0.309 e. The van der Waals surface area contributed by atoms with E-state index in [0.29, 0.717) is 18.4 Å². The third-order valence-corrected chi connectivity index (χ3v) is 8.54. The summed E-state index contributed by atoms with van der Waals surface area (Å²) < 4.78 is 12.4. The van der Waals surface area contributed by atoms with Crippen LogP contribution in [0.5, 0.6) is 0 Å². The van der Waals surface area contributed by atoms with Crippen molar-refractivity contribution in [2.75, 3.05) is 6.61 Å². The Morgan fingerprint density at radius 2 is 1.73 bits per heavy atom. The van der Waals surface area contributed by atoms with E-state index in [1.165, 1.54) is 0 Å². The molecule has 1 N–H and O–H groups in total. The van der Waals surface area contributed by atoms with Crippen molar-refractivity contribution in [2.45, 2.75) is 104 Å². The number of hydrogen-bond donors (Lipinski definition) is 1. The van der Waals surface area contributed by atoms with E-state index in [1.807, 2.05) is 13.8 Å². The molecule has 0 bridgehead atoms. The van der Waals surface area contributed by atoms with Gasteiger partial charge < -0.3 is 14.6 Å². The van der Waals surface area contributed by atoms with Gasteiger partial charge in [-0.1, -0.05) is 32.4 Å². The Morgan fingerprint density at radius 1 is 1.07 bits per heavy atom. The topological polar surface area (TPSA) is 72.8 Å². The largest absolute Gasteiger partial charge is 0.481 e. The maximum atomic E-state index is 12.2. The van der Waals surface area contributed by atoms with E-state index in [4.69, 9.17) is 9.47 Å². The van der Waals surface area contributed by atoms with E-state index < -0.39 is 11.6 Å². The summed E-state index contributed by atoms with van der Waals surface area (Å²) in [5, 5.41) is 9.35. The summed E-state index contributed by atoms with van der Waals surface area (Å²) in [4.78, 5) is 23.5. The Balaban J connectivity index is 1.78. The average molecular weight is 421 g/mol. The number of aliphatic carboxylic acids is 1. The van der Waals surface area contributed by atoms with Crippen molar-refractivity contribution in [2.24, 2.45) is 22.7 Å². The summed E-state index contributed by atoms with van der Waals surface area (Å²) >= 11 is 0. The highest BCUT2D eigenvalue weighted by atomic mass is 16.5. The fourth-order valence-corrected chi connectivity index (χ4v) is 7.40. The second kappa shape index (κ2) is 7.96. The fourth-order valence-electron chi connectivity index (χ4n) is 7.40. The van der Waals surface area contributed by atoms with Crippen molar-refractivity contribution in [1.82, 2.24) is 0 Å². The van der Waals surface area contributed by atoms with Crippen molar-refractivity contribution < 1.29 is 24.2 Å². The molecule has 1 heterocycles. The molecule has 3 fully saturated rings. The van der Waals surface area contributed by atoms with Gasteiger partial charge in [0.05, 0.1) is 30.7 Å². The molecule has 0 spiro atoms. The lowest BCUT2D eigenvalue weighted by molar-refractivity contribution is -0.269. The molecular formula is C25H40O5. The molecule has 6 atom stereocenters. The summed E-state index contributed by atoms with van der Waals surface area (Å²) in [6.45, 7) is 15.0. The van der Waals surface area contributed by atoms with Crippen LogP contribution in [0.25, 0.3) is 0 Å². The highest BCUT2D eigenvalue weighted by Crippen LogP contribution is 2.65. The maximum absolute atomic E-state index is 12.2.